The first kappa shape index (κ1) is 29.3. The van der Waals surface area contributed by atoms with E-state index in [4.69, 9.17) is 0 Å². The first-order chi connectivity index (χ1) is 18.1. The number of rotatable bonds is 12. The molecule has 202 valence electrons. The van der Waals surface area contributed by atoms with Gasteiger partial charge in [-0.05, 0) is 53.9 Å². The normalized spacial score (nSPS) is 12.0. The SMILES string of the molecule is CNC(=O)C(Cc1ccccc1)N(Cc1ccc(Br)cc1)C(=O)CCCN(c1ccc(F)cc1)S(C)(=O)=O. The van der Waals surface area contributed by atoms with E-state index in [2.05, 4.69) is 21.2 Å². The number of benzene rings is 3. The van der Waals surface area contributed by atoms with Gasteiger partial charge < -0.3 is 10.2 Å². The van der Waals surface area contributed by atoms with Gasteiger partial charge in [0.05, 0.1) is 11.9 Å². The number of carbonyl (C=O) groups excluding carboxylic acids is 2. The maximum Gasteiger partial charge on any atom is 0.242 e. The molecule has 0 radical (unpaired) electrons. The van der Waals surface area contributed by atoms with E-state index in [-0.39, 0.29) is 37.7 Å². The number of nitrogens with zero attached hydrogens (tertiary/aromatic N) is 2. The van der Waals surface area contributed by atoms with Crippen LogP contribution in [-0.2, 0) is 32.6 Å². The molecule has 1 N–H and O–H groups in total. The van der Waals surface area contributed by atoms with Crippen LogP contribution in [0.15, 0.2) is 83.3 Å². The summed E-state index contributed by atoms with van der Waals surface area (Å²) in [5.41, 5.74) is 2.09. The minimum absolute atomic E-state index is 0.0199. The maximum absolute atomic E-state index is 13.6. The number of nitrogens with one attached hydrogen (secondary N) is 1. The van der Waals surface area contributed by atoms with Crippen LogP contribution in [0.2, 0.25) is 0 Å². The first-order valence-corrected chi connectivity index (χ1v) is 14.8. The van der Waals surface area contributed by atoms with E-state index in [0.29, 0.717) is 12.1 Å². The molecule has 0 aliphatic heterocycles. The number of sulfonamides is 1. The van der Waals surface area contributed by atoms with E-state index in [9.17, 15) is 22.4 Å². The summed E-state index contributed by atoms with van der Waals surface area (Å²) in [5.74, 6) is -1.03. The van der Waals surface area contributed by atoms with Crippen molar-refractivity contribution in [2.45, 2.75) is 31.8 Å². The summed E-state index contributed by atoms with van der Waals surface area (Å²) in [4.78, 5) is 28.2. The second-order valence-corrected chi connectivity index (χ2v) is 11.7. The van der Waals surface area contributed by atoms with Crippen molar-refractivity contribution in [3.05, 3.63) is 100 Å². The molecule has 1 atom stereocenters. The van der Waals surface area contributed by atoms with Gasteiger partial charge in [0.15, 0.2) is 0 Å². The van der Waals surface area contributed by atoms with Crippen LogP contribution in [0, 0.1) is 5.82 Å². The summed E-state index contributed by atoms with van der Waals surface area (Å²) >= 11 is 3.42. The molecule has 0 saturated carbocycles. The summed E-state index contributed by atoms with van der Waals surface area (Å²) in [6.07, 6.45) is 1.63. The fourth-order valence-electron chi connectivity index (χ4n) is 4.12. The lowest BCUT2D eigenvalue weighted by molar-refractivity contribution is -0.141. The highest BCUT2D eigenvalue weighted by atomic mass is 79.9. The molecule has 7 nitrogen and oxygen atoms in total. The number of hydrogen-bond acceptors (Lipinski definition) is 4. The minimum Gasteiger partial charge on any atom is -0.357 e. The lowest BCUT2D eigenvalue weighted by Gasteiger charge is -2.31. The van der Waals surface area contributed by atoms with Crippen molar-refractivity contribution in [1.82, 2.24) is 10.2 Å². The van der Waals surface area contributed by atoms with Gasteiger partial charge in [0.2, 0.25) is 21.8 Å². The van der Waals surface area contributed by atoms with Crippen molar-refractivity contribution in [1.29, 1.82) is 0 Å². The van der Waals surface area contributed by atoms with E-state index in [1.54, 1.807) is 4.90 Å². The van der Waals surface area contributed by atoms with Gasteiger partial charge in [0.25, 0.3) is 0 Å². The van der Waals surface area contributed by atoms with Crippen LogP contribution in [0.5, 0.6) is 0 Å². The Kier molecular flexibility index (Phi) is 10.4. The molecule has 0 aliphatic carbocycles. The second kappa shape index (κ2) is 13.5. The summed E-state index contributed by atoms with van der Waals surface area (Å²) in [7, 11) is -2.12. The molecule has 0 heterocycles. The summed E-state index contributed by atoms with van der Waals surface area (Å²) in [5, 5.41) is 2.68. The molecule has 3 aromatic carbocycles. The predicted octanol–water partition coefficient (Wildman–Crippen LogP) is 4.52. The second-order valence-electron chi connectivity index (χ2n) is 8.88. The third-order valence-corrected chi connectivity index (χ3v) is 7.77. The monoisotopic (exact) mass is 603 g/mol. The van der Waals surface area contributed by atoms with E-state index >= 15 is 0 Å². The average Bonchev–Trinajstić information content (AvgIpc) is 2.89. The highest BCUT2D eigenvalue weighted by Gasteiger charge is 2.30. The molecular formula is C28H31BrFN3O4S. The van der Waals surface area contributed by atoms with Crippen molar-refractivity contribution in [3.63, 3.8) is 0 Å². The Balaban J connectivity index is 1.83. The predicted molar refractivity (Wildman–Crippen MR) is 151 cm³/mol. The molecule has 3 aromatic rings. The highest BCUT2D eigenvalue weighted by molar-refractivity contribution is 9.10. The Hall–Kier alpha value is -3.24. The molecule has 10 heteroatoms. The quantitative estimate of drug-likeness (QED) is 0.330. The molecule has 0 saturated heterocycles. The van der Waals surface area contributed by atoms with Gasteiger partial charge in [-0.25, -0.2) is 12.8 Å². The van der Waals surface area contributed by atoms with Crippen molar-refractivity contribution in [2.75, 3.05) is 24.2 Å². The smallest absolute Gasteiger partial charge is 0.242 e. The largest absolute Gasteiger partial charge is 0.357 e. The van der Waals surface area contributed by atoms with Crippen molar-refractivity contribution in [2.24, 2.45) is 0 Å². The van der Waals surface area contributed by atoms with Crippen LogP contribution >= 0.6 is 15.9 Å². The molecule has 1 unspecified atom stereocenters. The maximum atomic E-state index is 13.6. The topological polar surface area (TPSA) is 86.8 Å². The summed E-state index contributed by atoms with van der Waals surface area (Å²) in [6.45, 7) is 0.246. The van der Waals surface area contributed by atoms with Crippen molar-refractivity contribution in [3.8, 4) is 0 Å². The van der Waals surface area contributed by atoms with Gasteiger partial charge in [-0.2, -0.15) is 0 Å². The standard InChI is InChI=1S/C28H31BrFN3O4S/c1-31-28(35)26(19-21-7-4-3-5-8-21)32(20-22-10-12-23(29)13-11-22)27(34)9-6-18-33(38(2,36)37)25-16-14-24(30)15-17-25/h3-5,7-8,10-17,26H,6,9,18-20H2,1-2H3,(H,31,35). The van der Waals surface area contributed by atoms with E-state index in [1.165, 1.54) is 31.3 Å². The van der Waals surface area contributed by atoms with Crippen LogP contribution < -0.4 is 9.62 Å². The van der Waals surface area contributed by atoms with Crippen LogP contribution in [0.1, 0.15) is 24.0 Å². The van der Waals surface area contributed by atoms with Gasteiger partial charge in [-0.15, -0.1) is 0 Å². The molecule has 0 aromatic heterocycles. The number of likely N-dealkylation sites (N-methyl/N-ethyl adjacent to an activating group) is 1. The molecular weight excluding hydrogens is 573 g/mol. The fourth-order valence-corrected chi connectivity index (χ4v) is 5.35. The molecule has 0 fully saturated rings. The number of carbonyl (C=O) groups is 2. The number of halogens is 2. The summed E-state index contributed by atoms with van der Waals surface area (Å²) < 4.78 is 40.2. The zero-order valence-corrected chi connectivity index (χ0v) is 23.7. The van der Waals surface area contributed by atoms with Crippen molar-refractivity contribution < 1.29 is 22.4 Å². The van der Waals surface area contributed by atoms with Crippen LogP contribution in [0.4, 0.5) is 10.1 Å². The van der Waals surface area contributed by atoms with Crippen LogP contribution in [-0.4, -0.2) is 51.0 Å². The van der Waals surface area contributed by atoms with E-state index in [0.717, 1.165) is 26.2 Å². The fraction of sp³-hybridized carbons (Fsp3) is 0.286. The van der Waals surface area contributed by atoms with Crippen LogP contribution in [0.3, 0.4) is 0 Å². The average molecular weight is 605 g/mol. The Bertz CT molecular complexity index is 1320. The first-order valence-electron chi connectivity index (χ1n) is 12.1. The number of anilines is 1. The zero-order valence-electron chi connectivity index (χ0n) is 21.3. The molecule has 3 rings (SSSR count). The molecule has 0 aliphatic rings. The van der Waals surface area contributed by atoms with Crippen LogP contribution in [0.25, 0.3) is 0 Å². The zero-order chi connectivity index (χ0) is 27.7. The van der Waals surface area contributed by atoms with E-state index < -0.39 is 21.9 Å². The third-order valence-electron chi connectivity index (χ3n) is 6.05. The minimum atomic E-state index is -3.66. The lowest BCUT2D eigenvalue weighted by atomic mass is 10.0. The van der Waals surface area contributed by atoms with Gasteiger partial charge in [-0.1, -0.05) is 58.4 Å². The number of amides is 2. The third kappa shape index (κ3) is 8.39. The molecule has 2 amide bonds. The number of hydrogen-bond donors (Lipinski definition) is 1. The van der Waals surface area contributed by atoms with Gasteiger partial charge in [-0.3, -0.25) is 13.9 Å². The van der Waals surface area contributed by atoms with Crippen molar-refractivity contribution >= 4 is 43.5 Å². The van der Waals surface area contributed by atoms with Gasteiger partial charge in [0, 0.05) is 37.5 Å². The molecule has 0 bridgehead atoms. The van der Waals surface area contributed by atoms with E-state index in [1.807, 2.05) is 54.6 Å². The molecule has 0 spiro atoms. The Morgan fingerprint density at radius 1 is 0.947 bits per heavy atom. The van der Waals surface area contributed by atoms with Gasteiger partial charge >= 0.3 is 0 Å². The lowest BCUT2D eigenvalue weighted by Crippen LogP contribution is -2.49. The van der Waals surface area contributed by atoms with Gasteiger partial charge in [0.1, 0.15) is 11.9 Å². The highest BCUT2D eigenvalue weighted by Crippen LogP contribution is 2.21. The molecule has 38 heavy (non-hydrogen) atoms. The Morgan fingerprint density at radius 2 is 1.58 bits per heavy atom. The summed E-state index contributed by atoms with van der Waals surface area (Å²) in [6, 6.07) is 21.4. The Labute approximate surface area is 231 Å². The Morgan fingerprint density at radius 3 is 2.16 bits per heavy atom.